The van der Waals surface area contributed by atoms with Crippen molar-refractivity contribution in [2.75, 3.05) is 13.1 Å². The van der Waals surface area contributed by atoms with E-state index >= 15 is 0 Å². The van der Waals surface area contributed by atoms with Crippen LogP contribution in [0.25, 0.3) is 0 Å². The molecule has 2 saturated carbocycles. The van der Waals surface area contributed by atoms with E-state index in [2.05, 4.69) is 11.0 Å². The summed E-state index contributed by atoms with van der Waals surface area (Å²) in [6.07, 6.45) is 9.86. The Kier molecular flexibility index (Phi) is 3.62. The normalized spacial score (nSPS) is 34.2. The summed E-state index contributed by atoms with van der Waals surface area (Å²) in [5, 5.41) is 8.97. The van der Waals surface area contributed by atoms with E-state index in [4.69, 9.17) is 5.26 Å². The summed E-state index contributed by atoms with van der Waals surface area (Å²) in [6, 6.07) is 2.85. The topological polar surface area (TPSA) is 44.1 Å². The number of nitrogens with zero attached hydrogens (tertiary/aromatic N) is 2. The van der Waals surface area contributed by atoms with Crippen LogP contribution in [0.15, 0.2) is 0 Å². The second-order valence-electron chi connectivity index (χ2n) is 6.83. The minimum atomic E-state index is 0.284. The molecule has 0 aromatic rings. The summed E-state index contributed by atoms with van der Waals surface area (Å²) >= 11 is 0. The second-order valence-corrected chi connectivity index (χ2v) is 6.83. The highest BCUT2D eigenvalue weighted by Gasteiger charge is 2.46. The van der Waals surface area contributed by atoms with Gasteiger partial charge in [-0.25, -0.2) is 0 Å². The standard InChI is InChI=1S/C16H24N2O/c17-10-9-16(7-8-16)12-18-11-2-1-5-14(18)13-4-3-6-15(13)19/h13-14H,1-9,11-12H2. The summed E-state index contributed by atoms with van der Waals surface area (Å²) in [6.45, 7) is 2.20. The molecule has 0 radical (unpaired) electrons. The highest BCUT2D eigenvalue weighted by molar-refractivity contribution is 5.83. The summed E-state index contributed by atoms with van der Waals surface area (Å²) < 4.78 is 0. The average molecular weight is 260 g/mol. The van der Waals surface area contributed by atoms with Crippen LogP contribution in [0, 0.1) is 22.7 Å². The van der Waals surface area contributed by atoms with E-state index in [0.29, 0.717) is 24.2 Å². The molecule has 1 aliphatic heterocycles. The first-order valence-corrected chi connectivity index (χ1v) is 7.88. The van der Waals surface area contributed by atoms with E-state index in [1.54, 1.807) is 0 Å². The first kappa shape index (κ1) is 13.1. The quantitative estimate of drug-likeness (QED) is 0.780. The van der Waals surface area contributed by atoms with Crippen LogP contribution in [0.5, 0.6) is 0 Å². The number of hydrogen-bond acceptors (Lipinski definition) is 3. The third kappa shape index (κ3) is 2.69. The molecule has 2 unspecified atom stereocenters. The minimum Gasteiger partial charge on any atom is -0.299 e. The number of carbonyl (C=O) groups excluding carboxylic acids is 1. The Hall–Kier alpha value is -0.880. The van der Waals surface area contributed by atoms with E-state index in [0.717, 1.165) is 32.4 Å². The van der Waals surface area contributed by atoms with Gasteiger partial charge < -0.3 is 0 Å². The van der Waals surface area contributed by atoms with Gasteiger partial charge in [-0.2, -0.15) is 5.26 Å². The van der Waals surface area contributed by atoms with Gasteiger partial charge in [0.1, 0.15) is 5.78 Å². The van der Waals surface area contributed by atoms with Gasteiger partial charge in [0, 0.05) is 31.3 Å². The fourth-order valence-electron chi connectivity index (χ4n) is 4.08. The van der Waals surface area contributed by atoms with E-state index < -0.39 is 0 Å². The van der Waals surface area contributed by atoms with Crippen molar-refractivity contribution in [1.82, 2.24) is 4.90 Å². The van der Waals surface area contributed by atoms with Crippen LogP contribution < -0.4 is 0 Å². The molecule has 3 nitrogen and oxygen atoms in total. The average Bonchev–Trinajstić information content (AvgIpc) is 3.02. The Balaban J connectivity index is 1.67. The maximum atomic E-state index is 12.0. The van der Waals surface area contributed by atoms with Crippen LogP contribution in [0.3, 0.4) is 0 Å². The number of likely N-dealkylation sites (tertiary alicyclic amines) is 1. The van der Waals surface area contributed by atoms with Crippen LogP contribution in [0.2, 0.25) is 0 Å². The van der Waals surface area contributed by atoms with Crippen molar-refractivity contribution < 1.29 is 4.79 Å². The first-order chi connectivity index (χ1) is 9.24. The molecule has 3 rings (SSSR count). The number of ketones is 1. The van der Waals surface area contributed by atoms with E-state index in [9.17, 15) is 4.79 Å². The van der Waals surface area contributed by atoms with Crippen LogP contribution in [0.1, 0.15) is 57.8 Å². The highest BCUT2D eigenvalue weighted by atomic mass is 16.1. The molecular formula is C16H24N2O. The predicted octanol–water partition coefficient (Wildman–Crippen LogP) is 2.90. The lowest BCUT2D eigenvalue weighted by molar-refractivity contribution is -0.123. The van der Waals surface area contributed by atoms with E-state index in [-0.39, 0.29) is 5.41 Å². The lowest BCUT2D eigenvalue weighted by atomic mass is 9.87. The van der Waals surface area contributed by atoms with Crippen molar-refractivity contribution >= 4 is 5.78 Å². The van der Waals surface area contributed by atoms with E-state index in [1.807, 2.05) is 0 Å². The molecule has 0 aromatic heterocycles. The summed E-state index contributed by atoms with van der Waals surface area (Å²) in [7, 11) is 0. The van der Waals surface area contributed by atoms with Crippen molar-refractivity contribution in [3.63, 3.8) is 0 Å². The molecule has 0 spiro atoms. The SMILES string of the molecule is N#CCC1(CN2CCCCC2C2CCCC2=O)CC1. The summed E-state index contributed by atoms with van der Waals surface area (Å²) in [5.74, 6) is 0.806. The molecule has 1 heterocycles. The van der Waals surface area contributed by atoms with Gasteiger partial charge in [0.25, 0.3) is 0 Å². The zero-order valence-electron chi connectivity index (χ0n) is 11.7. The zero-order chi connectivity index (χ0) is 13.3. The van der Waals surface area contributed by atoms with Gasteiger partial charge in [-0.1, -0.05) is 6.42 Å². The Morgan fingerprint density at radius 2 is 2.11 bits per heavy atom. The summed E-state index contributed by atoms with van der Waals surface area (Å²) in [4.78, 5) is 14.6. The zero-order valence-corrected chi connectivity index (χ0v) is 11.7. The first-order valence-electron chi connectivity index (χ1n) is 7.88. The number of carbonyl (C=O) groups is 1. The number of rotatable bonds is 4. The molecule has 2 atom stereocenters. The fraction of sp³-hybridized carbons (Fsp3) is 0.875. The van der Waals surface area contributed by atoms with Gasteiger partial charge in [0.2, 0.25) is 0 Å². The van der Waals surface area contributed by atoms with Gasteiger partial charge in [-0.15, -0.1) is 0 Å². The molecular weight excluding hydrogens is 236 g/mol. The Bertz CT molecular complexity index is 394. The molecule has 0 N–H and O–H groups in total. The summed E-state index contributed by atoms with van der Waals surface area (Å²) in [5.41, 5.74) is 0.284. The van der Waals surface area contributed by atoms with Crippen molar-refractivity contribution in [3.05, 3.63) is 0 Å². The molecule has 104 valence electrons. The predicted molar refractivity (Wildman–Crippen MR) is 73.5 cm³/mol. The van der Waals surface area contributed by atoms with Crippen LogP contribution >= 0.6 is 0 Å². The Morgan fingerprint density at radius 1 is 1.26 bits per heavy atom. The van der Waals surface area contributed by atoms with Crippen molar-refractivity contribution in [2.45, 2.75) is 63.8 Å². The third-order valence-corrected chi connectivity index (χ3v) is 5.43. The monoisotopic (exact) mass is 260 g/mol. The molecule has 3 fully saturated rings. The van der Waals surface area contributed by atoms with Crippen LogP contribution in [0.4, 0.5) is 0 Å². The molecule has 0 aromatic carbocycles. The third-order valence-electron chi connectivity index (χ3n) is 5.43. The number of nitriles is 1. The van der Waals surface area contributed by atoms with Gasteiger partial charge >= 0.3 is 0 Å². The highest BCUT2D eigenvalue weighted by Crippen LogP contribution is 2.50. The number of piperidine rings is 1. The maximum absolute atomic E-state index is 12.0. The molecule has 0 amide bonds. The largest absolute Gasteiger partial charge is 0.299 e. The maximum Gasteiger partial charge on any atom is 0.137 e. The van der Waals surface area contributed by atoms with Gasteiger partial charge in [-0.3, -0.25) is 9.69 Å². The molecule has 19 heavy (non-hydrogen) atoms. The van der Waals surface area contributed by atoms with Crippen molar-refractivity contribution in [3.8, 4) is 6.07 Å². The van der Waals surface area contributed by atoms with Crippen LogP contribution in [-0.2, 0) is 4.79 Å². The second kappa shape index (κ2) is 5.25. The Morgan fingerprint density at radius 3 is 2.74 bits per heavy atom. The molecule has 2 aliphatic carbocycles. The number of hydrogen-bond donors (Lipinski definition) is 0. The van der Waals surface area contributed by atoms with Crippen molar-refractivity contribution in [2.24, 2.45) is 11.3 Å². The molecule has 3 aliphatic rings. The molecule has 1 saturated heterocycles. The molecule has 0 bridgehead atoms. The van der Waals surface area contributed by atoms with Gasteiger partial charge in [0.05, 0.1) is 6.07 Å². The van der Waals surface area contributed by atoms with Gasteiger partial charge in [0.15, 0.2) is 0 Å². The van der Waals surface area contributed by atoms with Crippen molar-refractivity contribution in [1.29, 1.82) is 5.26 Å². The minimum absolute atomic E-state index is 0.284. The Labute approximate surface area is 116 Å². The fourth-order valence-corrected chi connectivity index (χ4v) is 4.08. The van der Waals surface area contributed by atoms with E-state index in [1.165, 1.54) is 32.1 Å². The molecule has 3 heteroatoms. The lowest BCUT2D eigenvalue weighted by Crippen LogP contribution is -2.47. The smallest absolute Gasteiger partial charge is 0.137 e. The lowest BCUT2D eigenvalue weighted by Gasteiger charge is -2.40. The van der Waals surface area contributed by atoms with Gasteiger partial charge in [-0.05, 0) is 50.5 Å². The van der Waals surface area contributed by atoms with Crippen LogP contribution in [-0.4, -0.2) is 29.8 Å². The number of Topliss-reactive ketones (excluding diaryl/α,β-unsaturated/α-hetero) is 1.